The van der Waals surface area contributed by atoms with Crippen LogP contribution in [0, 0.1) is 11.3 Å². The Bertz CT molecular complexity index is 596. The summed E-state index contributed by atoms with van der Waals surface area (Å²) in [6, 6.07) is 11.0. The molecule has 86 valence electrons. The fourth-order valence-corrected chi connectivity index (χ4v) is 1.99. The van der Waals surface area contributed by atoms with Gasteiger partial charge in [0.25, 0.3) is 0 Å². The van der Waals surface area contributed by atoms with Crippen LogP contribution in [-0.4, -0.2) is 4.57 Å². The zero-order valence-corrected chi connectivity index (χ0v) is 10.3. The second-order valence-electron chi connectivity index (χ2n) is 3.57. The highest BCUT2D eigenvalue weighted by Gasteiger charge is 2.12. The Kier molecular flexibility index (Phi) is 3.28. The molecule has 0 spiro atoms. The molecule has 0 bridgehead atoms. The third-order valence-electron chi connectivity index (χ3n) is 2.46. The lowest BCUT2D eigenvalue weighted by molar-refractivity contribution is 0.795. The second-order valence-corrected chi connectivity index (χ2v) is 4.33. The summed E-state index contributed by atoms with van der Waals surface area (Å²) in [6.45, 7) is 0.429. The number of nitrogens with two attached hydrogens (primary N) is 1. The predicted octanol–water partition coefficient (Wildman–Crippen LogP) is 3.30. The van der Waals surface area contributed by atoms with Crippen LogP contribution < -0.4 is 5.73 Å². The second kappa shape index (κ2) is 4.70. The normalized spacial score (nSPS) is 10.2. The van der Waals surface area contributed by atoms with E-state index in [1.165, 1.54) is 0 Å². The van der Waals surface area contributed by atoms with Crippen LogP contribution in [0.1, 0.15) is 11.3 Å². The third kappa shape index (κ3) is 2.23. The summed E-state index contributed by atoms with van der Waals surface area (Å²) in [5, 5.41) is 9.99. The van der Waals surface area contributed by atoms with E-state index in [4.69, 9.17) is 34.2 Å². The van der Waals surface area contributed by atoms with E-state index >= 15 is 0 Å². The molecule has 2 N–H and O–H groups in total. The molecule has 2 rings (SSSR count). The number of hydrogen-bond acceptors (Lipinski definition) is 2. The summed E-state index contributed by atoms with van der Waals surface area (Å²) >= 11 is 12.1. The Morgan fingerprint density at radius 1 is 1.29 bits per heavy atom. The van der Waals surface area contributed by atoms with Crippen molar-refractivity contribution >= 4 is 28.9 Å². The Balaban J connectivity index is 2.44. The van der Waals surface area contributed by atoms with Crippen LogP contribution in [0.25, 0.3) is 0 Å². The van der Waals surface area contributed by atoms with Crippen LogP contribution in [0.3, 0.4) is 0 Å². The Labute approximate surface area is 109 Å². The molecule has 0 aliphatic heterocycles. The first-order chi connectivity index (χ1) is 8.13. The zero-order chi connectivity index (χ0) is 12.4. The standard InChI is InChI=1S/C12H9Cl2N3/c13-10-4-2-1-3-8(10)7-17-9(6-15)5-11(16)12(17)14/h1-5H,7,16H2. The minimum atomic E-state index is 0.362. The zero-order valence-electron chi connectivity index (χ0n) is 8.82. The fraction of sp³-hybridized carbons (Fsp3) is 0.0833. The first-order valence-electron chi connectivity index (χ1n) is 4.91. The number of halogens is 2. The van der Waals surface area contributed by atoms with Gasteiger partial charge in [-0.1, -0.05) is 41.4 Å². The monoisotopic (exact) mass is 265 g/mol. The van der Waals surface area contributed by atoms with Crippen molar-refractivity contribution in [3.63, 3.8) is 0 Å². The lowest BCUT2D eigenvalue weighted by Crippen LogP contribution is -2.03. The molecule has 0 aliphatic carbocycles. The molecule has 0 amide bonds. The van der Waals surface area contributed by atoms with Crippen molar-refractivity contribution in [3.05, 3.63) is 51.8 Å². The number of nitrogens with zero attached hydrogens (tertiary/aromatic N) is 2. The van der Waals surface area contributed by atoms with Crippen molar-refractivity contribution in [2.24, 2.45) is 0 Å². The predicted molar refractivity (Wildman–Crippen MR) is 69.1 cm³/mol. The van der Waals surface area contributed by atoms with E-state index in [0.29, 0.717) is 28.1 Å². The van der Waals surface area contributed by atoms with Gasteiger partial charge < -0.3 is 10.3 Å². The number of nitriles is 1. The van der Waals surface area contributed by atoms with Crippen molar-refractivity contribution in [3.8, 4) is 6.07 Å². The van der Waals surface area contributed by atoms with Gasteiger partial charge in [-0.05, 0) is 17.7 Å². The Morgan fingerprint density at radius 2 is 2.00 bits per heavy atom. The van der Waals surface area contributed by atoms with Gasteiger partial charge in [-0.15, -0.1) is 0 Å². The van der Waals surface area contributed by atoms with Crippen molar-refractivity contribution in [2.45, 2.75) is 6.54 Å². The molecule has 1 heterocycles. The molecule has 1 aromatic carbocycles. The molecule has 5 heteroatoms. The van der Waals surface area contributed by atoms with Gasteiger partial charge in [-0.25, -0.2) is 0 Å². The van der Waals surface area contributed by atoms with Gasteiger partial charge in [0.2, 0.25) is 0 Å². The lowest BCUT2D eigenvalue weighted by atomic mass is 10.2. The van der Waals surface area contributed by atoms with Crippen molar-refractivity contribution < 1.29 is 0 Å². The molecule has 0 fully saturated rings. The molecule has 0 saturated carbocycles. The van der Waals surface area contributed by atoms with Crippen LogP contribution in [0.5, 0.6) is 0 Å². The van der Waals surface area contributed by atoms with E-state index in [1.807, 2.05) is 18.2 Å². The maximum absolute atomic E-state index is 8.99. The molecular weight excluding hydrogens is 257 g/mol. The van der Waals surface area contributed by atoms with Gasteiger partial charge in [-0.3, -0.25) is 0 Å². The van der Waals surface area contributed by atoms with Crippen LogP contribution in [0.4, 0.5) is 5.69 Å². The summed E-state index contributed by atoms with van der Waals surface area (Å²) in [5.41, 5.74) is 7.39. The van der Waals surface area contributed by atoms with Crippen molar-refractivity contribution in [1.29, 1.82) is 5.26 Å². The molecule has 0 radical (unpaired) electrons. The van der Waals surface area contributed by atoms with Crippen LogP contribution in [-0.2, 0) is 6.54 Å². The number of benzene rings is 1. The van der Waals surface area contributed by atoms with Gasteiger partial charge >= 0.3 is 0 Å². The summed E-state index contributed by atoms with van der Waals surface area (Å²) in [4.78, 5) is 0. The molecule has 1 aromatic heterocycles. The molecule has 17 heavy (non-hydrogen) atoms. The topological polar surface area (TPSA) is 54.7 Å². The van der Waals surface area contributed by atoms with E-state index in [9.17, 15) is 0 Å². The summed E-state index contributed by atoms with van der Waals surface area (Å²) in [5.74, 6) is 0. The van der Waals surface area contributed by atoms with Crippen LogP contribution in [0.2, 0.25) is 10.2 Å². The smallest absolute Gasteiger partial charge is 0.133 e. The maximum Gasteiger partial charge on any atom is 0.133 e. The Morgan fingerprint density at radius 3 is 2.65 bits per heavy atom. The van der Waals surface area contributed by atoms with Crippen LogP contribution in [0.15, 0.2) is 30.3 Å². The van der Waals surface area contributed by atoms with E-state index in [2.05, 4.69) is 6.07 Å². The molecule has 3 nitrogen and oxygen atoms in total. The number of rotatable bonds is 2. The van der Waals surface area contributed by atoms with E-state index < -0.39 is 0 Å². The molecule has 2 aromatic rings. The van der Waals surface area contributed by atoms with Gasteiger partial charge in [0, 0.05) is 5.02 Å². The lowest BCUT2D eigenvalue weighted by Gasteiger charge is -2.08. The van der Waals surface area contributed by atoms with Gasteiger partial charge in [-0.2, -0.15) is 5.26 Å². The quantitative estimate of drug-likeness (QED) is 0.906. The molecule has 0 saturated heterocycles. The number of hydrogen-bond donors (Lipinski definition) is 1. The minimum absolute atomic E-state index is 0.362. The first-order valence-corrected chi connectivity index (χ1v) is 5.67. The highest BCUT2D eigenvalue weighted by atomic mass is 35.5. The largest absolute Gasteiger partial charge is 0.396 e. The first kappa shape index (κ1) is 11.8. The van der Waals surface area contributed by atoms with Gasteiger partial charge in [0.1, 0.15) is 16.9 Å². The number of nitrogen functional groups attached to an aromatic ring is 1. The number of aromatic nitrogens is 1. The molecular formula is C12H9Cl2N3. The Hall–Kier alpha value is -1.63. The summed E-state index contributed by atoms with van der Waals surface area (Å²) in [7, 11) is 0. The highest BCUT2D eigenvalue weighted by Crippen LogP contribution is 2.26. The van der Waals surface area contributed by atoms with Crippen LogP contribution >= 0.6 is 23.2 Å². The van der Waals surface area contributed by atoms with E-state index in [1.54, 1.807) is 16.7 Å². The summed E-state index contributed by atoms with van der Waals surface area (Å²) in [6.07, 6.45) is 0. The van der Waals surface area contributed by atoms with E-state index in [0.717, 1.165) is 5.56 Å². The average molecular weight is 266 g/mol. The number of anilines is 1. The molecule has 0 unspecified atom stereocenters. The minimum Gasteiger partial charge on any atom is -0.396 e. The van der Waals surface area contributed by atoms with Crippen molar-refractivity contribution in [1.82, 2.24) is 4.57 Å². The highest BCUT2D eigenvalue weighted by molar-refractivity contribution is 6.32. The average Bonchev–Trinajstić information content (AvgIpc) is 2.59. The molecule has 0 aliphatic rings. The van der Waals surface area contributed by atoms with Crippen molar-refractivity contribution in [2.75, 3.05) is 5.73 Å². The molecule has 0 atom stereocenters. The summed E-state index contributed by atoms with van der Waals surface area (Å²) < 4.78 is 1.64. The van der Waals surface area contributed by atoms with Gasteiger partial charge in [0.05, 0.1) is 12.2 Å². The van der Waals surface area contributed by atoms with Gasteiger partial charge in [0.15, 0.2) is 0 Å². The SMILES string of the molecule is N#Cc1cc(N)c(Cl)n1Cc1ccccc1Cl. The third-order valence-corrected chi connectivity index (χ3v) is 3.25. The fourth-order valence-electron chi connectivity index (χ4n) is 1.59. The maximum atomic E-state index is 8.99. The van der Waals surface area contributed by atoms with E-state index in [-0.39, 0.29) is 0 Å².